The Hall–Kier alpha value is -1.31. The predicted molar refractivity (Wildman–Crippen MR) is 59.6 cm³/mol. The van der Waals surface area contributed by atoms with Crippen LogP contribution in [0.25, 0.3) is 0 Å². The number of Topliss-reactive ketones (excluding diaryl/α,β-unsaturated/α-hetero) is 1. The van der Waals surface area contributed by atoms with Crippen LogP contribution in [-0.2, 0) is 5.41 Å². The van der Waals surface area contributed by atoms with Crippen molar-refractivity contribution in [3.8, 4) is 5.75 Å². The van der Waals surface area contributed by atoms with E-state index in [9.17, 15) is 4.79 Å². The van der Waals surface area contributed by atoms with Crippen LogP contribution in [0.2, 0.25) is 0 Å². The van der Waals surface area contributed by atoms with Crippen LogP contribution in [-0.4, -0.2) is 12.4 Å². The van der Waals surface area contributed by atoms with Gasteiger partial charge in [-0.15, -0.1) is 0 Å². The fourth-order valence-electron chi connectivity index (χ4n) is 1.72. The molecule has 0 amide bonds. The van der Waals surface area contributed by atoms with Crippen LogP contribution in [0, 0.1) is 0 Å². The number of hydrogen-bond acceptors (Lipinski definition) is 2. The molecule has 1 aliphatic rings. The lowest BCUT2D eigenvalue weighted by Crippen LogP contribution is -2.15. The normalized spacial score (nSPS) is 15.0. The van der Waals surface area contributed by atoms with Gasteiger partial charge < -0.3 is 4.74 Å². The molecule has 0 radical (unpaired) electrons. The number of ether oxygens (including phenoxy) is 1. The summed E-state index contributed by atoms with van der Waals surface area (Å²) in [5, 5.41) is 0. The molecule has 1 aromatic rings. The molecule has 0 N–H and O–H groups in total. The van der Waals surface area contributed by atoms with Crippen molar-refractivity contribution in [3.05, 3.63) is 29.3 Å². The van der Waals surface area contributed by atoms with Crippen molar-refractivity contribution < 1.29 is 9.53 Å². The summed E-state index contributed by atoms with van der Waals surface area (Å²) in [4.78, 5) is 11.5. The molecule has 2 rings (SSSR count). The van der Waals surface area contributed by atoms with Gasteiger partial charge in [-0.25, -0.2) is 0 Å². The third-order valence-electron chi connectivity index (χ3n) is 3.30. The first-order valence-electron chi connectivity index (χ1n) is 5.35. The molecule has 0 aromatic heterocycles. The van der Waals surface area contributed by atoms with Crippen LogP contribution in [0.4, 0.5) is 0 Å². The Kier molecular flexibility index (Phi) is 2.29. The van der Waals surface area contributed by atoms with Crippen molar-refractivity contribution in [1.82, 2.24) is 0 Å². The highest BCUT2D eigenvalue weighted by Crippen LogP contribution is 2.32. The highest BCUT2D eigenvalue weighted by molar-refractivity contribution is 6.02. The van der Waals surface area contributed by atoms with Gasteiger partial charge in [0.2, 0.25) is 5.78 Å². The Bertz CT molecular complexity index is 405. The van der Waals surface area contributed by atoms with Crippen LogP contribution < -0.4 is 4.74 Å². The summed E-state index contributed by atoms with van der Waals surface area (Å²) in [7, 11) is 0. The summed E-state index contributed by atoms with van der Waals surface area (Å²) < 4.78 is 5.26. The van der Waals surface area contributed by atoms with Crippen molar-refractivity contribution in [2.24, 2.45) is 0 Å². The van der Waals surface area contributed by atoms with E-state index < -0.39 is 0 Å². The first-order chi connectivity index (χ1) is 7.04. The van der Waals surface area contributed by atoms with Crippen LogP contribution in [0.15, 0.2) is 18.2 Å². The average molecular weight is 204 g/mol. The second-order valence-corrected chi connectivity index (χ2v) is 4.66. The van der Waals surface area contributed by atoms with E-state index in [1.54, 1.807) is 0 Å². The zero-order valence-corrected chi connectivity index (χ0v) is 9.46. The van der Waals surface area contributed by atoms with E-state index in [4.69, 9.17) is 4.74 Å². The van der Waals surface area contributed by atoms with E-state index >= 15 is 0 Å². The lowest BCUT2D eigenvalue weighted by atomic mass is 9.81. The second-order valence-electron chi connectivity index (χ2n) is 4.66. The van der Waals surface area contributed by atoms with Crippen LogP contribution in [0.3, 0.4) is 0 Å². The van der Waals surface area contributed by atoms with E-state index in [1.165, 1.54) is 5.56 Å². The number of benzene rings is 1. The van der Waals surface area contributed by atoms with Gasteiger partial charge in [-0.05, 0) is 29.5 Å². The van der Waals surface area contributed by atoms with E-state index in [2.05, 4.69) is 26.8 Å². The zero-order chi connectivity index (χ0) is 11.1. The lowest BCUT2D eigenvalue weighted by molar-refractivity contribution is 0.0961. The summed E-state index contributed by atoms with van der Waals surface area (Å²) in [6.45, 7) is 6.74. The number of fused-ring (bicyclic) bond motifs is 1. The standard InChI is InChI=1S/C13H16O2/c1-4-13(2,3)9-5-6-12-10(7-9)11(14)8-15-12/h5-7H,4,8H2,1-3H3. The molecule has 2 heteroatoms. The molecule has 0 bridgehead atoms. The Morgan fingerprint density at radius 1 is 1.40 bits per heavy atom. The molecule has 1 aromatic carbocycles. The molecule has 80 valence electrons. The maximum atomic E-state index is 11.5. The second kappa shape index (κ2) is 3.37. The molecule has 0 aliphatic carbocycles. The van der Waals surface area contributed by atoms with Crippen molar-refractivity contribution in [1.29, 1.82) is 0 Å². The van der Waals surface area contributed by atoms with E-state index in [0.29, 0.717) is 0 Å². The highest BCUT2D eigenvalue weighted by Gasteiger charge is 2.25. The Morgan fingerprint density at radius 3 is 2.80 bits per heavy atom. The summed E-state index contributed by atoms with van der Waals surface area (Å²) >= 11 is 0. The molecule has 0 saturated carbocycles. The predicted octanol–water partition coefficient (Wildman–Crippen LogP) is 2.95. The fraction of sp³-hybridized carbons (Fsp3) is 0.462. The van der Waals surface area contributed by atoms with E-state index in [-0.39, 0.29) is 17.8 Å². The lowest BCUT2D eigenvalue weighted by Gasteiger charge is -2.23. The maximum Gasteiger partial charge on any atom is 0.203 e. The molecule has 1 heterocycles. The first-order valence-corrected chi connectivity index (χ1v) is 5.35. The Balaban J connectivity index is 2.46. The smallest absolute Gasteiger partial charge is 0.203 e. The number of rotatable bonds is 2. The average Bonchev–Trinajstić information content (AvgIpc) is 2.60. The number of carbonyl (C=O) groups excluding carboxylic acids is 1. The van der Waals surface area contributed by atoms with Gasteiger partial charge in [0.15, 0.2) is 6.61 Å². The topological polar surface area (TPSA) is 26.3 Å². The Morgan fingerprint density at radius 2 is 2.13 bits per heavy atom. The molecule has 0 spiro atoms. The highest BCUT2D eigenvalue weighted by atomic mass is 16.5. The van der Waals surface area contributed by atoms with E-state index in [0.717, 1.165) is 17.7 Å². The summed E-state index contributed by atoms with van der Waals surface area (Å²) in [6.07, 6.45) is 1.06. The molecule has 0 saturated heterocycles. The molecule has 15 heavy (non-hydrogen) atoms. The quantitative estimate of drug-likeness (QED) is 0.740. The van der Waals surface area contributed by atoms with Gasteiger partial charge in [-0.2, -0.15) is 0 Å². The van der Waals surface area contributed by atoms with Gasteiger partial charge >= 0.3 is 0 Å². The minimum atomic E-state index is 0.0961. The van der Waals surface area contributed by atoms with Crippen LogP contribution in [0.1, 0.15) is 43.1 Å². The summed E-state index contributed by atoms with van der Waals surface area (Å²) in [5.74, 6) is 0.828. The molecule has 0 fully saturated rings. The van der Waals surface area contributed by atoms with Gasteiger partial charge in [-0.3, -0.25) is 4.79 Å². The van der Waals surface area contributed by atoms with E-state index in [1.807, 2.05) is 12.1 Å². The molecule has 0 atom stereocenters. The maximum absolute atomic E-state index is 11.5. The minimum Gasteiger partial charge on any atom is -0.485 e. The van der Waals surface area contributed by atoms with Crippen molar-refractivity contribution in [2.45, 2.75) is 32.6 Å². The van der Waals surface area contributed by atoms with Crippen molar-refractivity contribution in [2.75, 3.05) is 6.61 Å². The number of carbonyl (C=O) groups is 1. The van der Waals surface area contributed by atoms with Crippen molar-refractivity contribution in [3.63, 3.8) is 0 Å². The van der Waals surface area contributed by atoms with Crippen LogP contribution in [0.5, 0.6) is 5.75 Å². The monoisotopic (exact) mass is 204 g/mol. The molecule has 2 nitrogen and oxygen atoms in total. The third-order valence-corrected chi connectivity index (χ3v) is 3.30. The molecule has 1 aliphatic heterocycles. The molecular weight excluding hydrogens is 188 g/mol. The largest absolute Gasteiger partial charge is 0.485 e. The summed E-state index contributed by atoms with van der Waals surface area (Å²) in [5.41, 5.74) is 2.08. The zero-order valence-electron chi connectivity index (χ0n) is 9.46. The van der Waals surface area contributed by atoms with Gasteiger partial charge in [0.25, 0.3) is 0 Å². The van der Waals surface area contributed by atoms with Crippen LogP contribution >= 0.6 is 0 Å². The Labute approximate surface area is 90.3 Å². The SMILES string of the molecule is CCC(C)(C)c1ccc2c(c1)C(=O)CO2. The van der Waals surface area contributed by atoms with Gasteiger partial charge in [-0.1, -0.05) is 26.8 Å². The first kappa shape index (κ1) is 10.2. The fourth-order valence-corrected chi connectivity index (χ4v) is 1.72. The van der Waals surface area contributed by atoms with Crippen molar-refractivity contribution >= 4 is 5.78 Å². The molecule has 0 unspecified atom stereocenters. The minimum absolute atomic E-state index is 0.0961. The molecular formula is C13H16O2. The van der Waals surface area contributed by atoms with Gasteiger partial charge in [0.05, 0.1) is 5.56 Å². The number of ketones is 1. The third kappa shape index (κ3) is 1.65. The summed E-state index contributed by atoms with van der Waals surface area (Å²) in [6, 6.07) is 5.95. The van der Waals surface area contributed by atoms with Gasteiger partial charge in [0, 0.05) is 0 Å². The van der Waals surface area contributed by atoms with Gasteiger partial charge in [0.1, 0.15) is 5.75 Å². The number of hydrogen-bond donors (Lipinski definition) is 0.